The Kier molecular flexibility index (Phi) is 5.00. The molecule has 0 bridgehead atoms. The Morgan fingerprint density at radius 1 is 1.33 bits per heavy atom. The number of para-hydroxylation sites is 1. The second-order valence-corrected chi connectivity index (χ2v) is 7.03. The molecule has 1 amide bonds. The van der Waals surface area contributed by atoms with Gasteiger partial charge in [-0.25, -0.2) is 4.79 Å². The number of nitrogens with one attached hydrogen (secondary N) is 1. The fraction of sp³-hybridized carbons (Fsp3) is 0.350. The van der Waals surface area contributed by atoms with Crippen molar-refractivity contribution in [2.24, 2.45) is 0 Å². The lowest BCUT2D eigenvalue weighted by Crippen LogP contribution is -2.31. The summed E-state index contributed by atoms with van der Waals surface area (Å²) in [6.07, 6.45) is -2.89. The molecule has 3 aromatic rings. The summed E-state index contributed by atoms with van der Waals surface area (Å²) in [6, 6.07) is 7.44. The molecule has 2 heterocycles. The average Bonchev–Trinajstić information content (AvgIpc) is 3.45. The third-order valence-corrected chi connectivity index (χ3v) is 4.89. The largest absolute Gasteiger partial charge is 0.493 e. The van der Waals surface area contributed by atoms with Crippen LogP contribution in [-0.2, 0) is 12.7 Å². The Labute approximate surface area is 168 Å². The number of ether oxygens (including phenoxy) is 1. The number of methoxy groups -OCH3 is 1. The number of carbonyl (C=O) groups is 1. The fourth-order valence-corrected chi connectivity index (χ4v) is 3.26. The normalized spacial score (nSPS) is 14.1. The number of amides is 1. The van der Waals surface area contributed by atoms with E-state index >= 15 is 0 Å². The molecule has 0 spiro atoms. The Morgan fingerprint density at radius 2 is 2.10 bits per heavy atom. The van der Waals surface area contributed by atoms with E-state index in [1.165, 1.54) is 17.9 Å². The third kappa shape index (κ3) is 3.89. The van der Waals surface area contributed by atoms with E-state index in [-0.39, 0.29) is 30.2 Å². The zero-order valence-corrected chi connectivity index (χ0v) is 16.0. The highest BCUT2D eigenvalue weighted by Crippen LogP contribution is 2.42. The van der Waals surface area contributed by atoms with Gasteiger partial charge in [0.05, 0.1) is 13.7 Å². The number of hydrogen-bond acceptors (Lipinski definition) is 5. The van der Waals surface area contributed by atoms with Crippen molar-refractivity contribution < 1.29 is 27.1 Å². The van der Waals surface area contributed by atoms with Crippen LogP contribution in [0.3, 0.4) is 0 Å². The van der Waals surface area contributed by atoms with Crippen molar-refractivity contribution in [2.45, 2.75) is 31.5 Å². The van der Waals surface area contributed by atoms with Crippen LogP contribution in [0.15, 0.2) is 39.5 Å². The number of nitrogens with zero attached hydrogens (tertiary/aromatic N) is 2. The summed E-state index contributed by atoms with van der Waals surface area (Å²) in [5, 5.41) is 6.69. The SMILES string of the molecule is COc1cccc2cc(C(=O)NCCn3nc(C(F)(F)F)cc3C3CC3)c(=O)oc12. The van der Waals surface area contributed by atoms with E-state index in [2.05, 4.69) is 10.4 Å². The van der Waals surface area contributed by atoms with E-state index in [1.807, 2.05) is 0 Å². The Bertz CT molecular complexity index is 1160. The van der Waals surface area contributed by atoms with Gasteiger partial charge in [0, 0.05) is 23.5 Å². The lowest BCUT2D eigenvalue weighted by Gasteiger charge is -2.09. The molecule has 30 heavy (non-hydrogen) atoms. The lowest BCUT2D eigenvalue weighted by atomic mass is 10.1. The molecule has 0 saturated heterocycles. The molecule has 4 rings (SSSR count). The lowest BCUT2D eigenvalue weighted by molar-refractivity contribution is -0.141. The Morgan fingerprint density at radius 3 is 2.77 bits per heavy atom. The standard InChI is InChI=1S/C20H18F3N3O4/c1-29-15-4-2-3-12-9-13(19(28)30-17(12)15)18(27)24-7-8-26-14(11-5-6-11)10-16(25-26)20(21,22)23/h2-4,9-11H,5-8H2,1H3,(H,24,27). The number of alkyl halides is 3. The van der Waals surface area contributed by atoms with Gasteiger partial charge in [0.15, 0.2) is 17.0 Å². The first-order valence-corrected chi connectivity index (χ1v) is 9.32. The smallest absolute Gasteiger partial charge is 0.435 e. The third-order valence-electron chi connectivity index (χ3n) is 4.89. The second-order valence-electron chi connectivity index (χ2n) is 7.03. The summed E-state index contributed by atoms with van der Waals surface area (Å²) in [5.74, 6) is -0.250. The summed E-state index contributed by atoms with van der Waals surface area (Å²) in [6.45, 7) is 0.0630. The van der Waals surface area contributed by atoms with E-state index in [9.17, 15) is 22.8 Å². The molecule has 7 nitrogen and oxygen atoms in total. The number of benzene rings is 1. The van der Waals surface area contributed by atoms with Gasteiger partial charge in [-0.3, -0.25) is 9.48 Å². The van der Waals surface area contributed by atoms with E-state index in [4.69, 9.17) is 9.15 Å². The van der Waals surface area contributed by atoms with Gasteiger partial charge in [-0.05, 0) is 31.0 Å². The van der Waals surface area contributed by atoms with Crippen LogP contribution in [0.25, 0.3) is 11.0 Å². The van der Waals surface area contributed by atoms with Gasteiger partial charge < -0.3 is 14.5 Å². The second kappa shape index (κ2) is 7.51. The maximum Gasteiger partial charge on any atom is 0.435 e. The first kappa shape index (κ1) is 20.0. The molecule has 0 aliphatic heterocycles. The molecule has 1 N–H and O–H groups in total. The predicted octanol–water partition coefficient (Wildman–Crippen LogP) is 3.32. The molecular weight excluding hydrogens is 403 g/mol. The maximum atomic E-state index is 13.0. The van der Waals surface area contributed by atoms with Crippen LogP contribution in [-0.4, -0.2) is 29.3 Å². The van der Waals surface area contributed by atoms with Crippen LogP contribution < -0.4 is 15.7 Å². The van der Waals surface area contributed by atoms with Crippen LogP contribution in [0.5, 0.6) is 5.75 Å². The Balaban J connectivity index is 1.49. The minimum Gasteiger partial charge on any atom is -0.493 e. The van der Waals surface area contributed by atoms with E-state index in [0.29, 0.717) is 16.8 Å². The minimum atomic E-state index is -4.52. The number of rotatable bonds is 6. The summed E-state index contributed by atoms with van der Waals surface area (Å²) >= 11 is 0. The molecule has 1 aliphatic carbocycles. The van der Waals surface area contributed by atoms with Gasteiger partial charge in [-0.2, -0.15) is 18.3 Å². The Hall–Kier alpha value is -3.30. The molecule has 0 atom stereocenters. The maximum absolute atomic E-state index is 13.0. The highest BCUT2D eigenvalue weighted by Gasteiger charge is 2.37. The van der Waals surface area contributed by atoms with Crippen molar-refractivity contribution in [3.05, 3.63) is 57.7 Å². The molecule has 10 heteroatoms. The molecule has 1 saturated carbocycles. The van der Waals surface area contributed by atoms with Gasteiger partial charge in [-0.1, -0.05) is 12.1 Å². The first-order valence-electron chi connectivity index (χ1n) is 9.32. The molecule has 158 valence electrons. The van der Waals surface area contributed by atoms with Gasteiger partial charge in [0.25, 0.3) is 5.91 Å². The molecule has 0 unspecified atom stereocenters. The topological polar surface area (TPSA) is 86.4 Å². The zero-order chi connectivity index (χ0) is 21.5. The van der Waals surface area contributed by atoms with Gasteiger partial charge in [0.1, 0.15) is 5.56 Å². The predicted molar refractivity (Wildman–Crippen MR) is 101 cm³/mol. The van der Waals surface area contributed by atoms with Gasteiger partial charge in [0.2, 0.25) is 0 Å². The summed E-state index contributed by atoms with van der Waals surface area (Å²) in [7, 11) is 1.44. The van der Waals surface area contributed by atoms with E-state index < -0.39 is 23.4 Å². The summed E-state index contributed by atoms with van der Waals surface area (Å²) in [5.41, 5.74) is -1.24. The fourth-order valence-electron chi connectivity index (χ4n) is 3.26. The molecule has 1 fully saturated rings. The van der Waals surface area contributed by atoms with Crippen molar-refractivity contribution in [1.82, 2.24) is 15.1 Å². The number of aromatic nitrogens is 2. The molecule has 1 aromatic carbocycles. The zero-order valence-electron chi connectivity index (χ0n) is 16.0. The number of carbonyl (C=O) groups excluding carboxylic acids is 1. The van der Waals surface area contributed by atoms with Crippen LogP contribution >= 0.6 is 0 Å². The molecule has 1 aliphatic rings. The molecular formula is C20H18F3N3O4. The van der Waals surface area contributed by atoms with Crippen molar-refractivity contribution in [3.63, 3.8) is 0 Å². The molecule has 2 aromatic heterocycles. The summed E-state index contributed by atoms with van der Waals surface area (Å²) in [4.78, 5) is 24.7. The quantitative estimate of drug-likeness (QED) is 0.617. The van der Waals surface area contributed by atoms with Crippen LogP contribution in [0.1, 0.15) is 40.5 Å². The highest BCUT2D eigenvalue weighted by molar-refractivity contribution is 5.97. The molecule has 0 radical (unpaired) electrons. The van der Waals surface area contributed by atoms with E-state index in [0.717, 1.165) is 18.9 Å². The highest BCUT2D eigenvalue weighted by atomic mass is 19.4. The van der Waals surface area contributed by atoms with Crippen molar-refractivity contribution in [1.29, 1.82) is 0 Å². The van der Waals surface area contributed by atoms with E-state index in [1.54, 1.807) is 18.2 Å². The number of fused-ring (bicyclic) bond motifs is 1. The monoisotopic (exact) mass is 421 g/mol. The van der Waals surface area contributed by atoms with Gasteiger partial charge >= 0.3 is 11.8 Å². The van der Waals surface area contributed by atoms with Crippen molar-refractivity contribution in [3.8, 4) is 5.75 Å². The number of hydrogen-bond donors (Lipinski definition) is 1. The van der Waals surface area contributed by atoms with Crippen LogP contribution in [0.4, 0.5) is 13.2 Å². The van der Waals surface area contributed by atoms with Crippen LogP contribution in [0.2, 0.25) is 0 Å². The van der Waals surface area contributed by atoms with Gasteiger partial charge in [-0.15, -0.1) is 0 Å². The van der Waals surface area contributed by atoms with Crippen molar-refractivity contribution in [2.75, 3.05) is 13.7 Å². The average molecular weight is 421 g/mol. The number of halogens is 3. The van der Waals surface area contributed by atoms with Crippen LogP contribution in [0, 0.1) is 0 Å². The first-order chi connectivity index (χ1) is 14.3. The van der Waals surface area contributed by atoms with Crippen molar-refractivity contribution >= 4 is 16.9 Å². The summed E-state index contributed by atoms with van der Waals surface area (Å²) < 4.78 is 50.5. The minimum absolute atomic E-state index is 0.00706.